The second-order valence-electron chi connectivity index (χ2n) is 6.93. The lowest BCUT2D eigenvalue weighted by Crippen LogP contribution is -2.11. The summed E-state index contributed by atoms with van der Waals surface area (Å²) in [6.45, 7) is 6.80. The molecular formula is C22H21Br. The zero-order chi connectivity index (χ0) is 16.4. The van der Waals surface area contributed by atoms with Crippen molar-refractivity contribution in [3.05, 3.63) is 82.8 Å². The first-order chi connectivity index (χ1) is 10.9. The molecule has 0 N–H and O–H groups in total. The molecule has 1 heteroatoms. The van der Waals surface area contributed by atoms with Crippen molar-refractivity contribution in [2.75, 3.05) is 0 Å². The van der Waals surface area contributed by atoms with Crippen molar-refractivity contribution in [2.45, 2.75) is 26.2 Å². The molecule has 23 heavy (non-hydrogen) atoms. The van der Waals surface area contributed by atoms with Crippen molar-refractivity contribution in [2.24, 2.45) is 0 Å². The molecule has 0 aliphatic carbocycles. The highest BCUT2D eigenvalue weighted by Crippen LogP contribution is 2.34. The predicted molar refractivity (Wildman–Crippen MR) is 104 cm³/mol. The highest BCUT2D eigenvalue weighted by molar-refractivity contribution is 9.10. The molecule has 0 unspecified atom stereocenters. The van der Waals surface area contributed by atoms with Crippen LogP contribution in [0.25, 0.3) is 22.3 Å². The summed E-state index contributed by atoms with van der Waals surface area (Å²) in [6.07, 6.45) is 0. The number of hydrogen-bond acceptors (Lipinski definition) is 0. The van der Waals surface area contributed by atoms with E-state index < -0.39 is 0 Å². The molecule has 0 nitrogen and oxygen atoms in total. The van der Waals surface area contributed by atoms with Crippen LogP contribution in [0.15, 0.2) is 77.3 Å². The fraction of sp³-hybridized carbons (Fsp3) is 0.182. The summed E-state index contributed by atoms with van der Waals surface area (Å²) in [6, 6.07) is 26.0. The SMILES string of the molecule is CC(C)(C)c1cc(-c2ccccc2)cc(-c2cccc(Br)c2)c1. The lowest BCUT2D eigenvalue weighted by molar-refractivity contribution is 0.590. The van der Waals surface area contributed by atoms with E-state index in [-0.39, 0.29) is 5.41 Å². The molecule has 0 heterocycles. The Morgan fingerprint density at radius 1 is 0.609 bits per heavy atom. The van der Waals surface area contributed by atoms with E-state index in [4.69, 9.17) is 0 Å². The van der Waals surface area contributed by atoms with Gasteiger partial charge in [-0.2, -0.15) is 0 Å². The van der Waals surface area contributed by atoms with Crippen molar-refractivity contribution < 1.29 is 0 Å². The van der Waals surface area contributed by atoms with E-state index in [1.54, 1.807) is 0 Å². The normalized spacial score (nSPS) is 11.5. The number of rotatable bonds is 2. The quantitative estimate of drug-likeness (QED) is 0.455. The summed E-state index contributed by atoms with van der Waals surface area (Å²) in [4.78, 5) is 0. The highest BCUT2D eigenvalue weighted by Gasteiger charge is 2.16. The van der Waals surface area contributed by atoms with Crippen molar-refractivity contribution in [1.82, 2.24) is 0 Å². The first-order valence-electron chi connectivity index (χ1n) is 7.90. The second-order valence-corrected chi connectivity index (χ2v) is 7.84. The van der Waals surface area contributed by atoms with E-state index >= 15 is 0 Å². The van der Waals surface area contributed by atoms with Gasteiger partial charge in [-0.15, -0.1) is 0 Å². The van der Waals surface area contributed by atoms with Crippen LogP contribution in [-0.4, -0.2) is 0 Å². The van der Waals surface area contributed by atoms with Crippen LogP contribution < -0.4 is 0 Å². The third kappa shape index (κ3) is 3.73. The molecule has 3 aromatic carbocycles. The molecular weight excluding hydrogens is 344 g/mol. The van der Waals surface area contributed by atoms with Crippen LogP contribution in [0.3, 0.4) is 0 Å². The van der Waals surface area contributed by atoms with Gasteiger partial charge in [-0.1, -0.05) is 91.3 Å². The average molecular weight is 365 g/mol. The molecule has 3 aromatic rings. The van der Waals surface area contributed by atoms with Crippen LogP contribution in [0.4, 0.5) is 0 Å². The van der Waals surface area contributed by atoms with Gasteiger partial charge < -0.3 is 0 Å². The Morgan fingerprint density at radius 2 is 1.22 bits per heavy atom. The van der Waals surface area contributed by atoms with Crippen LogP contribution >= 0.6 is 15.9 Å². The average Bonchev–Trinajstić information content (AvgIpc) is 2.54. The van der Waals surface area contributed by atoms with E-state index in [0.29, 0.717) is 0 Å². The Bertz CT molecular complexity index is 811. The van der Waals surface area contributed by atoms with E-state index in [1.165, 1.54) is 27.8 Å². The fourth-order valence-electron chi connectivity index (χ4n) is 2.69. The summed E-state index contributed by atoms with van der Waals surface area (Å²) < 4.78 is 1.11. The molecule has 0 aromatic heterocycles. The topological polar surface area (TPSA) is 0 Å². The molecule has 0 atom stereocenters. The summed E-state index contributed by atoms with van der Waals surface area (Å²) in [5.41, 5.74) is 6.50. The van der Waals surface area contributed by atoms with Crippen molar-refractivity contribution in [3.63, 3.8) is 0 Å². The van der Waals surface area contributed by atoms with Gasteiger partial charge in [0.25, 0.3) is 0 Å². The Labute approximate surface area is 147 Å². The van der Waals surface area contributed by atoms with Crippen molar-refractivity contribution in [1.29, 1.82) is 0 Å². The molecule has 0 aliphatic rings. The molecule has 0 saturated carbocycles. The Morgan fingerprint density at radius 3 is 1.83 bits per heavy atom. The first kappa shape index (κ1) is 16.0. The van der Waals surface area contributed by atoms with E-state index in [0.717, 1.165) is 4.47 Å². The first-order valence-corrected chi connectivity index (χ1v) is 8.70. The number of hydrogen-bond donors (Lipinski definition) is 0. The van der Waals surface area contributed by atoms with Gasteiger partial charge in [-0.3, -0.25) is 0 Å². The number of halogens is 1. The molecule has 116 valence electrons. The zero-order valence-corrected chi connectivity index (χ0v) is 15.4. The predicted octanol–water partition coefficient (Wildman–Crippen LogP) is 7.08. The maximum atomic E-state index is 3.58. The standard InChI is InChI=1S/C22H21Br/c1-22(2,3)20-13-18(16-8-5-4-6-9-16)12-19(14-20)17-10-7-11-21(23)15-17/h4-15H,1-3H3. The largest absolute Gasteiger partial charge is 0.0622 e. The minimum absolute atomic E-state index is 0.117. The molecule has 0 fully saturated rings. The Balaban J connectivity index is 2.20. The highest BCUT2D eigenvalue weighted by atomic mass is 79.9. The summed E-state index contributed by atoms with van der Waals surface area (Å²) in [7, 11) is 0. The fourth-order valence-corrected chi connectivity index (χ4v) is 3.09. The molecule has 0 spiro atoms. The maximum Gasteiger partial charge on any atom is 0.0181 e. The van der Waals surface area contributed by atoms with Crippen LogP contribution in [0.1, 0.15) is 26.3 Å². The van der Waals surface area contributed by atoms with Crippen LogP contribution in [0.2, 0.25) is 0 Å². The molecule has 0 aliphatic heterocycles. The maximum absolute atomic E-state index is 3.58. The van der Waals surface area contributed by atoms with Gasteiger partial charge in [0.15, 0.2) is 0 Å². The smallest absolute Gasteiger partial charge is 0.0181 e. The zero-order valence-electron chi connectivity index (χ0n) is 13.8. The Kier molecular flexibility index (Phi) is 4.41. The molecule has 0 amide bonds. The molecule has 0 radical (unpaired) electrons. The van der Waals surface area contributed by atoms with E-state index in [1.807, 2.05) is 0 Å². The van der Waals surface area contributed by atoms with Gasteiger partial charge in [-0.25, -0.2) is 0 Å². The summed E-state index contributed by atoms with van der Waals surface area (Å²) in [5.74, 6) is 0. The minimum Gasteiger partial charge on any atom is -0.0622 e. The van der Waals surface area contributed by atoms with Gasteiger partial charge in [0.05, 0.1) is 0 Å². The minimum atomic E-state index is 0.117. The van der Waals surface area contributed by atoms with Gasteiger partial charge in [0.1, 0.15) is 0 Å². The van der Waals surface area contributed by atoms with Crippen LogP contribution in [0, 0.1) is 0 Å². The van der Waals surface area contributed by atoms with Gasteiger partial charge >= 0.3 is 0 Å². The van der Waals surface area contributed by atoms with Crippen molar-refractivity contribution in [3.8, 4) is 22.3 Å². The summed E-state index contributed by atoms with van der Waals surface area (Å²) >= 11 is 3.58. The van der Waals surface area contributed by atoms with Gasteiger partial charge in [0, 0.05) is 4.47 Å². The van der Waals surface area contributed by atoms with Gasteiger partial charge in [-0.05, 0) is 51.4 Å². The van der Waals surface area contributed by atoms with E-state index in [2.05, 4.69) is 109 Å². The van der Waals surface area contributed by atoms with Gasteiger partial charge in [0.2, 0.25) is 0 Å². The lowest BCUT2D eigenvalue weighted by Gasteiger charge is -2.22. The monoisotopic (exact) mass is 364 g/mol. The lowest BCUT2D eigenvalue weighted by atomic mass is 9.83. The number of benzene rings is 3. The Hall–Kier alpha value is -1.86. The van der Waals surface area contributed by atoms with E-state index in [9.17, 15) is 0 Å². The third-order valence-corrected chi connectivity index (χ3v) is 4.56. The third-order valence-electron chi connectivity index (χ3n) is 4.06. The van der Waals surface area contributed by atoms with Crippen molar-refractivity contribution >= 4 is 15.9 Å². The molecule has 3 rings (SSSR count). The van der Waals surface area contributed by atoms with Crippen LogP contribution in [-0.2, 0) is 5.41 Å². The summed E-state index contributed by atoms with van der Waals surface area (Å²) in [5, 5.41) is 0. The second kappa shape index (κ2) is 6.33. The molecule has 0 saturated heterocycles. The molecule has 0 bridgehead atoms. The van der Waals surface area contributed by atoms with Crippen LogP contribution in [0.5, 0.6) is 0 Å².